The van der Waals surface area contributed by atoms with Crippen LogP contribution >= 0.6 is 0 Å². The molecule has 0 saturated carbocycles. The number of fused-ring (bicyclic) bond motifs is 6. The number of rotatable bonds is 9. The van der Waals surface area contributed by atoms with E-state index < -0.39 is 6.04 Å². The molecule has 0 bridgehead atoms. The molecule has 9 aromatic rings. The first kappa shape index (κ1) is 41.3. The Labute approximate surface area is 395 Å². The maximum absolute atomic E-state index is 14.8. The lowest BCUT2D eigenvalue weighted by Crippen LogP contribution is -2.28. The summed E-state index contributed by atoms with van der Waals surface area (Å²) in [7, 11) is 0. The molecule has 0 amide bonds. The standard InChI is InChI=1S/C62H48F2N4/c63-45-13-7-8-18-49(34-27-45)65(53-37-39-61-57(41-53)55-19-9-11-21-59(55)67(61)47-14-3-1-4-15-47)50-30-23-43(24-31-50)44-25-32-51(33-26-44)66(52-35-28-46(64)29-36-52)54-38-40-62-58(42-54)56-20-10-12-22-60(56)68(62)48-16-5-2-6-17-48/h1-5,9-10,12-15,19-20,22-42,48-49H,6-7,11,16-17,21H2. The van der Waals surface area contributed by atoms with Gasteiger partial charge in [0.15, 0.2) is 0 Å². The second-order valence-corrected chi connectivity index (χ2v) is 17.9. The van der Waals surface area contributed by atoms with Crippen molar-refractivity contribution in [3.8, 4) is 28.7 Å². The molecule has 330 valence electrons. The number of aromatic nitrogens is 2. The lowest BCUT2D eigenvalue weighted by Gasteiger charge is -2.30. The van der Waals surface area contributed by atoms with E-state index in [9.17, 15) is 8.78 Å². The SMILES string of the molecule is FC1=CCC#CC(N(c2ccc(-c3ccc(N(c4ccc(F)cc4)c4ccc5c(c4)c4ccccc4n5C4CC=CCC4)cc3)cc2)c2ccc3c(c2)c2c(n3-c3ccccc3)CCC=C2)C=C1. The van der Waals surface area contributed by atoms with Crippen molar-refractivity contribution in [1.29, 1.82) is 0 Å². The average molecular weight is 887 g/mol. The van der Waals surface area contributed by atoms with E-state index in [0.717, 1.165) is 82.9 Å². The summed E-state index contributed by atoms with van der Waals surface area (Å²) < 4.78 is 34.1. The number of nitrogens with zero attached hydrogens (tertiary/aromatic N) is 4. The highest BCUT2D eigenvalue weighted by Gasteiger charge is 2.24. The zero-order valence-corrected chi connectivity index (χ0v) is 37.6. The van der Waals surface area contributed by atoms with Crippen molar-refractivity contribution in [3.63, 3.8) is 0 Å². The molecule has 4 nitrogen and oxygen atoms in total. The third-order valence-electron chi connectivity index (χ3n) is 13.8. The highest BCUT2D eigenvalue weighted by molar-refractivity contribution is 6.09. The minimum atomic E-state index is -0.405. The molecule has 6 heteroatoms. The number of allylic oxidation sites excluding steroid dienone is 6. The van der Waals surface area contributed by atoms with Crippen LogP contribution < -0.4 is 9.80 Å². The highest BCUT2D eigenvalue weighted by Crippen LogP contribution is 2.43. The van der Waals surface area contributed by atoms with Crippen molar-refractivity contribution in [1.82, 2.24) is 9.13 Å². The van der Waals surface area contributed by atoms with Gasteiger partial charge in [0.25, 0.3) is 0 Å². The predicted octanol–water partition coefficient (Wildman–Crippen LogP) is 16.6. The Kier molecular flexibility index (Phi) is 10.7. The van der Waals surface area contributed by atoms with E-state index >= 15 is 0 Å². The summed E-state index contributed by atoms with van der Waals surface area (Å²) >= 11 is 0. The van der Waals surface area contributed by atoms with Gasteiger partial charge in [0, 0.05) is 85.0 Å². The van der Waals surface area contributed by atoms with Crippen LogP contribution in [0.2, 0.25) is 0 Å². The molecule has 0 radical (unpaired) electrons. The molecule has 2 unspecified atom stereocenters. The van der Waals surface area contributed by atoms with E-state index in [1.54, 1.807) is 0 Å². The van der Waals surface area contributed by atoms with Gasteiger partial charge in [-0.05, 0) is 165 Å². The number of hydrogen-bond acceptors (Lipinski definition) is 2. The molecule has 2 heterocycles. The zero-order chi connectivity index (χ0) is 45.6. The Morgan fingerprint density at radius 2 is 1.24 bits per heavy atom. The van der Waals surface area contributed by atoms with Crippen LogP contribution in [0.15, 0.2) is 206 Å². The van der Waals surface area contributed by atoms with Crippen LogP contribution in [-0.2, 0) is 6.42 Å². The van der Waals surface area contributed by atoms with E-state index in [1.165, 1.54) is 62.7 Å². The molecular formula is C62H48F2N4. The molecule has 0 spiro atoms. The van der Waals surface area contributed by atoms with Crippen molar-refractivity contribution < 1.29 is 8.78 Å². The number of anilines is 5. The van der Waals surface area contributed by atoms with Gasteiger partial charge in [-0.3, -0.25) is 0 Å². The largest absolute Gasteiger partial charge is 0.337 e. The van der Waals surface area contributed by atoms with Crippen LogP contribution in [0.25, 0.3) is 55.6 Å². The van der Waals surface area contributed by atoms with Crippen LogP contribution in [0, 0.1) is 17.7 Å². The van der Waals surface area contributed by atoms with Crippen LogP contribution in [-0.4, -0.2) is 15.2 Å². The second-order valence-electron chi connectivity index (χ2n) is 17.9. The molecular weight excluding hydrogens is 839 g/mol. The Balaban J connectivity index is 0.906. The fourth-order valence-corrected chi connectivity index (χ4v) is 10.7. The minimum absolute atomic E-state index is 0.272. The summed E-state index contributed by atoms with van der Waals surface area (Å²) in [5.74, 6) is 6.09. The van der Waals surface area contributed by atoms with Gasteiger partial charge in [-0.1, -0.05) is 96.8 Å². The fraction of sp³-hybridized carbons (Fsp3) is 0.129. The Morgan fingerprint density at radius 3 is 2.01 bits per heavy atom. The van der Waals surface area contributed by atoms with Crippen molar-refractivity contribution in [2.45, 2.75) is 50.6 Å². The van der Waals surface area contributed by atoms with Crippen molar-refractivity contribution in [2.24, 2.45) is 0 Å². The van der Waals surface area contributed by atoms with Crippen molar-refractivity contribution >= 4 is 67.2 Å². The van der Waals surface area contributed by atoms with Crippen molar-refractivity contribution in [3.05, 3.63) is 223 Å². The Hall–Kier alpha value is -8.14. The van der Waals surface area contributed by atoms with Gasteiger partial charge in [0.05, 0.1) is 5.52 Å². The Bertz CT molecular complexity index is 3540. The van der Waals surface area contributed by atoms with Crippen LogP contribution in [0.1, 0.15) is 49.4 Å². The Morgan fingerprint density at radius 1 is 0.559 bits per heavy atom. The smallest absolute Gasteiger partial charge is 0.123 e. The lowest BCUT2D eigenvalue weighted by atomic mass is 10.0. The fourth-order valence-electron chi connectivity index (χ4n) is 10.7. The van der Waals surface area contributed by atoms with Gasteiger partial charge in [0.2, 0.25) is 0 Å². The van der Waals surface area contributed by atoms with Crippen molar-refractivity contribution in [2.75, 3.05) is 9.80 Å². The molecule has 7 aromatic carbocycles. The maximum Gasteiger partial charge on any atom is 0.123 e. The molecule has 0 saturated heterocycles. The number of benzene rings is 7. The summed E-state index contributed by atoms with van der Waals surface area (Å²) in [6, 6.07) is 56.6. The average Bonchev–Trinajstić information content (AvgIpc) is 3.90. The number of hydrogen-bond donors (Lipinski definition) is 0. The summed E-state index contributed by atoms with van der Waals surface area (Å²) in [6.07, 6.45) is 19.6. The maximum atomic E-state index is 14.8. The third-order valence-corrected chi connectivity index (χ3v) is 13.8. The minimum Gasteiger partial charge on any atom is -0.337 e. The highest BCUT2D eigenvalue weighted by atomic mass is 19.1. The first-order valence-corrected chi connectivity index (χ1v) is 23.7. The molecule has 0 fully saturated rings. The van der Waals surface area contributed by atoms with Crippen LogP contribution in [0.3, 0.4) is 0 Å². The van der Waals surface area contributed by atoms with Gasteiger partial charge >= 0.3 is 0 Å². The normalized spacial score (nSPS) is 16.5. The number of para-hydroxylation sites is 2. The van der Waals surface area contributed by atoms with Crippen LogP contribution in [0.4, 0.5) is 37.2 Å². The molecule has 3 aliphatic rings. The molecule has 2 aromatic heterocycles. The molecule has 0 aliphatic heterocycles. The quantitative estimate of drug-likeness (QED) is 0.106. The third kappa shape index (κ3) is 7.51. The monoisotopic (exact) mass is 886 g/mol. The summed E-state index contributed by atoms with van der Waals surface area (Å²) in [5.41, 5.74) is 14.2. The molecule has 2 atom stereocenters. The first-order chi connectivity index (χ1) is 33.6. The summed E-state index contributed by atoms with van der Waals surface area (Å²) in [6.45, 7) is 0. The molecule has 0 N–H and O–H groups in total. The first-order valence-electron chi connectivity index (χ1n) is 23.7. The van der Waals surface area contributed by atoms with E-state index in [-0.39, 0.29) is 11.6 Å². The van der Waals surface area contributed by atoms with Crippen LogP contribution in [0.5, 0.6) is 0 Å². The zero-order valence-electron chi connectivity index (χ0n) is 37.6. The number of halogens is 2. The topological polar surface area (TPSA) is 16.3 Å². The van der Waals surface area contributed by atoms with E-state index in [0.29, 0.717) is 12.5 Å². The lowest BCUT2D eigenvalue weighted by molar-refractivity contribution is 0.485. The predicted molar refractivity (Wildman–Crippen MR) is 279 cm³/mol. The second kappa shape index (κ2) is 17.6. The van der Waals surface area contributed by atoms with Gasteiger partial charge < -0.3 is 18.9 Å². The molecule has 12 rings (SSSR count). The molecule has 68 heavy (non-hydrogen) atoms. The van der Waals surface area contributed by atoms with Gasteiger partial charge in [-0.25, -0.2) is 8.78 Å². The van der Waals surface area contributed by atoms with Gasteiger partial charge in [-0.2, -0.15) is 0 Å². The van der Waals surface area contributed by atoms with E-state index in [1.807, 2.05) is 18.2 Å². The summed E-state index contributed by atoms with van der Waals surface area (Å²) in [4.78, 5) is 4.42. The van der Waals surface area contributed by atoms with E-state index in [2.05, 4.69) is 195 Å². The van der Waals surface area contributed by atoms with Gasteiger partial charge in [0.1, 0.15) is 17.7 Å². The molecule has 3 aliphatic carbocycles. The van der Waals surface area contributed by atoms with Gasteiger partial charge in [-0.15, -0.1) is 0 Å². The van der Waals surface area contributed by atoms with E-state index in [4.69, 9.17) is 0 Å². The summed E-state index contributed by atoms with van der Waals surface area (Å²) in [5, 5.41) is 3.61.